The fourth-order valence-corrected chi connectivity index (χ4v) is 5.00. The lowest BCUT2D eigenvalue weighted by atomic mass is 9.68. The van der Waals surface area contributed by atoms with Gasteiger partial charge in [0.05, 0.1) is 11.1 Å². The smallest absolute Gasteiger partial charge is 0.336 e. The van der Waals surface area contributed by atoms with Gasteiger partial charge in [0, 0.05) is 5.41 Å². The molecule has 0 atom stereocenters. The molecule has 0 saturated carbocycles. The van der Waals surface area contributed by atoms with Crippen LogP contribution in [0.5, 0.6) is 0 Å². The number of hydrogen-bond donors (Lipinski definition) is 2. The molecule has 204 valence electrons. The van der Waals surface area contributed by atoms with Crippen molar-refractivity contribution in [2.24, 2.45) is 0 Å². The van der Waals surface area contributed by atoms with E-state index in [4.69, 9.17) is 0 Å². The van der Waals surface area contributed by atoms with Gasteiger partial charge in [-0.15, -0.1) is 0 Å². The molecule has 4 heteroatoms. The molecule has 0 amide bonds. The van der Waals surface area contributed by atoms with Gasteiger partial charge in [-0.1, -0.05) is 121 Å². The minimum absolute atomic E-state index is 0.375. The third-order valence-electron chi connectivity index (χ3n) is 7.38. The molecular formula is C33H48O4. The molecule has 0 heterocycles. The van der Waals surface area contributed by atoms with E-state index in [1.807, 2.05) is 0 Å². The zero-order chi connectivity index (χ0) is 29.1. The fourth-order valence-electron chi connectivity index (χ4n) is 5.00. The van der Waals surface area contributed by atoms with Crippen LogP contribution < -0.4 is 0 Å². The molecule has 37 heavy (non-hydrogen) atoms. The third kappa shape index (κ3) is 6.10. The first kappa shape index (κ1) is 30.6. The molecule has 0 aliphatic carbocycles. The van der Waals surface area contributed by atoms with Crippen molar-refractivity contribution in [2.45, 2.75) is 124 Å². The van der Waals surface area contributed by atoms with Crippen LogP contribution in [0.25, 0.3) is 0 Å². The van der Waals surface area contributed by atoms with Gasteiger partial charge in [0.1, 0.15) is 0 Å². The molecule has 2 aromatic carbocycles. The normalized spacial score (nSPS) is 13.6. The van der Waals surface area contributed by atoms with Crippen LogP contribution in [0.3, 0.4) is 0 Å². The molecule has 0 saturated heterocycles. The van der Waals surface area contributed by atoms with E-state index in [0.29, 0.717) is 11.1 Å². The van der Waals surface area contributed by atoms with Gasteiger partial charge in [-0.25, -0.2) is 9.59 Å². The summed E-state index contributed by atoms with van der Waals surface area (Å²) in [6, 6.07) is 8.21. The van der Waals surface area contributed by atoms with Crippen LogP contribution in [0.15, 0.2) is 24.3 Å². The first-order chi connectivity index (χ1) is 16.3. The van der Waals surface area contributed by atoms with E-state index in [1.165, 1.54) is 0 Å². The Kier molecular flexibility index (Phi) is 7.68. The van der Waals surface area contributed by atoms with Gasteiger partial charge in [0.15, 0.2) is 0 Å². The first-order valence-electron chi connectivity index (χ1n) is 13.2. The third-order valence-corrected chi connectivity index (χ3v) is 7.38. The predicted octanol–water partition coefficient (Wildman–Crippen LogP) is 8.60. The lowest BCUT2D eigenvalue weighted by Gasteiger charge is -2.36. The quantitative estimate of drug-likeness (QED) is 0.433. The monoisotopic (exact) mass is 508 g/mol. The zero-order valence-corrected chi connectivity index (χ0v) is 25.5. The summed E-state index contributed by atoms with van der Waals surface area (Å²) in [6.45, 7) is 28.9. The van der Waals surface area contributed by atoms with E-state index in [-0.39, 0.29) is 21.7 Å². The Hall–Kier alpha value is -2.62. The summed E-state index contributed by atoms with van der Waals surface area (Å²) >= 11 is 0. The highest BCUT2D eigenvalue weighted by atomic mass is 16.4. The van der Waals surface area contributed by atoms with Gasteiger partial charge < -0.3 is 10.2 Å². The lowest BCUT2D eigenvalue weighted by Crippen LogP contribution is -2.30. The summed E-state index contributed by atoms with van der Waals surface area (Å²) in [4.78, 5) is 25.0. The van der Waals surface area contributed by atoms with E-state index in [0.717, 1.165) is 33.4 Å². The number of carboxylic acid groups (broad SMARTS) is 2. The summed E-state index contributed by atoms with van der Waals surface area (Å²) in [6.07, 6.45) is 0. The highest BCUT2D eigenvalue weighted by Crippen LogP contribution is 2.43. The van der Waals surface area contributed by atoms with Gasteiger partial charge in [-0.3, -0.25) is 0 Å². The highest BCUT2D eigenvalue weighted by molar-refractivity contribution is 5.93. The number of carbonyl (C=O) groups is 2. The summed E-state index contributed by atoms with van der Waals surface area (Å²) in [5, 5.41) is 20.5. The van der Waals surface area contributed by atoms with Crippen molar-refractivity contribution < 1.29 is 19.8 Å². The predicted molar refractivity (Wildman–Crippen MR) is 154 cm³/mol. The van der Waals surface area contributed by atoms with E-state index in [2.05, 4.69) is 121 Å². The number of carboxylic acids is 2. The van der Waals surface area contributed by atoms with Gasteiger partial charge in [-0.2, -0.15) is 0 Å². The second-order valence-electron chi connectivity index (χ2n) is 15.1. The molecule has 0 aliphatic heterocycles. The van der Waals surface area contributed by atoms with Crippen molar-refractivity contribution in [1.82, 2.24) is 0 Å². The minimum atomic E-state index is -0.907. The topological polar surface area (TPSA) is 74.6 Å². The lowest BCUT2D eigenvalue weighted by molar-refractivity contribution is 0.0681. The van der Waals surface area contributed by atoms with Crippen LogP contribution in [0.4, 0.5) is 0 Å². The Morgan fingerprint density at radius 1 is 0.459 bits per heavy atom. The number of benzene rings is 2. The van der Waals surface area contributed by atoms with Crippen LogP contribution in [0.2, 0.25) is 0 Å². The fraction of sp³-hybridized carbons (Fsp3) is 0.576. The van der Waals surface area contributed by atoms with Gasteiger partial charge in [-0.05, 0) is 55.0 Å². The molecule has 0 radical (unpaired) electrons. The van der Waals surface area contributed by atoms with Gasteiger partial charge in [0.25, 0.3) is 0 Å². The molecule has 0 bridgehead atoms. The number of rotatable bonds is 4. The summed E-state index contributed by atoms with van der Waals surface area (Å²) in [5.74, 6) is -1.81. The maximum Gasteiger partial charge on any atom is 0.336 e. The van der Waals surface area contributed by atoms with E-state index < -0.39 is 17.4 Å². The molecule has 2 rings (SSSR count). The highest BCUT2D eigenvalue weighted by Gasteiger charge is 2.36. The number of hydrogen-bond acceptors (Lipinski definition) is 2. The average Bonchev–Trinajstić information content (AvgIpc) is 2.68. The van der Waals surface area contributed by atoms with Crippen LogP contribution in [0.1, 0.15) is 151 Å². The Morgan fingerprint density at radius 2 is 0.649 bits per heavy atom. The Labute approximate surface area is 224 Å². The number of aromatic carboxylic acids is 2. The van der Waals surface area contributed by atoms with Crippen molar-refractivity contribution in [3.63, 3.8) is 0 Å². The SMILES string of the molecule is CC(C)(C)c1cc(C(C)(C)c2cc(C(C)(C)C)c(C(=O)O)c(C(C)(C)C)c2)cc(C(C)(C)C)c1C(=O)O. The zero-order valence-electron chi connectivity index (χ0n) is 25.5. The summed E-state index contributed by atoms with van der Waals surface area (Å²) in [5.41, 5.74) is 4.04. The average molecular weight is 509 g/mol. The van der Waals surface area contributed by atoms with Crippen molar-refractivity contribution in [3.05, 3.63) is 68.8 Å². The largest absolute Gasteiger partial charge is 0.478 e. The van der Waals surface area contributed by atoms with Gasteiger partial charge >= 0.3 is 11.9 Å². The van der Waals surface area contributed by atoms with Crippen molar-refractivity contribution in [1.29, 1.82) is 0 Å². The van der Waals surface area contributed by atoms with E-state index in [9.17, 15) is 19.8 Å². The van der Waals surface area contributed by atoms with Gasteiger partial charge in [0.2, 0.25) is 0 Å². The molecule has 0 aromatic heterocycles. The molecular weight excluding hydrogens is 460 g/mol. The molecule has 0 aliphatic rings. The maximum absolute atomic E-state index is 12.5. The molecule has 2 N–H and O–H groups in total. The Morgan fingerprint density at radius 3 is 0.784 bits per heavy atom. The van der Waals surface area contributed by atoms with Crippen LogP contribution in [0, 0.1) is 0 Å². The van der Waals surface area contributed by atoms with Crippen molar-refractivity contribution >= 4 is 11.9 Å². The Bertz CT molecular complexity index is 1050. The second-order valence-corrected chi connectivity index (χ2v) is 15.1. The van der Waals surface area contributed by atoms with Crippen molar-refractivity contribution in [2.75, 3.05) is 0 Å². The van der Waals surface area contributed by atoms with Crippen molar-refractivity contribution in [3.8, 4) is 0 Å². The second kappa shape index (κ2) is 9.29. The first-order valence-corrected chi connectivity index (χ1v) is 13.2. The van der Waals surface area contributed by atoms with Crippen LogP contribution in [-0.2, 0) is 27.1 Å². The van der Waals surface area contributed by atoms with Crippen LogP contribution in [-0.4, -0.2) is 22.2 Å². The Balaban J connectivity index is 3.10. The molecule has 0 fully saturated rings. The molecule has 0 unspecified atom stereocenters. The standard InChI is InChI=1S/C33H48O4/c1-29(2,3)21-15-19(16-22(30(4,5)6)25(21)27(34)35)33(13,14)20-17-23(31(7,8)9)26(28(36)37)24(18-20)32(10,11)12/h15-18H,1-14H3,(H,34,35)(H,36,37). The maximum atomic E-state index is 12.5. The summed E-state index contributed by atoms with van der Waals surface area (Å²) < 4.78 is 0. The molecule has 2 aromatic rings. The van der Waals surface area contributed by atoms with Crippen LogP contribution >= 0.6 is 0 Å². The molecule has 4 nitrogen and oxygen atoms in total. The summed E-state index contributed by atoms with van der Waals surface area (Å²) in [7, 11) is 0. The minimum Gasteiger partial charge on any atom is -0.478 e. The molecule has 0 spiro atoms. The van der Waals surface area contributed by atoms with E-state index >= 15 is 0 Å². The van der Waals surface area contributed by atoms with E-state index in [1.54, 1.807) is 0 Å².